The number of anilines is 1. The van der Waals surface area contributed by atoms with Crippen LogP contribution in [0.25, 0.3) is 0 Å². The van der Waals surface area contributed by atoms with Crippen LogP contribution in [0.5, 0.6) is 0 Å². The first-order valence-corrected chi connectivity index (χ1v) is 12.7. The largest absolute Gasteiger partial charge is 0.348 e. The van der Waals surface area contributed by atoms with Crippen molar-refractivity contribution in [3.05, 3.63) is 41.6 Å². The molecule has 1 spiro atoms. The van der Waals surface area contributed by atoms with E-state index in [1.165, 1.54) is 24.7 Å². The number of rotatable bonds is 6. The Hall–Kier alpha value is -2.40. The van der Waals surface area contributed by atoms with Crippen LogP contribution in [0.2, 0.25) is 0 Å². The molecule has 1 N–H and O–H groups in total. The van der Waals surface area contributed by atoms with E-state index in [4.69, 9.17) is 0 Å². The van der Waals surface area contributed by atoms with Gasteiger partial charge < -0.3 is 10.2 Å². The van der Waals surface area contributed by atoms with Crippen LogP contribution >= 0.6 is 8.58 Å². The average Bonchev–Trinajstić information content (AvgIpc) is 3.48. The molecule has 4 rings (SSSR count). The molecule has 6 nitrogen and oxygen atoms in total. The highest BCUT2D eigenvalue weighted by Crippen LogP contribution is 2.57. The molecule has 1 aromatic carbocycles. The van der Waals surface area contributed by atoms with Crippen molar-refractivity contribution in [2.45, 2.75) is 57.9 Å². The van der Waals surface area contributed by atoms with Gasteiger partial charge in [-0.15, -0.1) is 8.58 Å². The van der Waals surface area contributed by atoms with Crippen molar-refractivity contribution in [1.29, 1.82) is 0 Å². The van der Waals surface area contributed by atoms with Crippen molar-refractivity contribution < 1.29 is 9.18 Å². The van der Waals surface area contributed by atoms with Gasteiger partial charge in [0.2, 0.25) is 0 Å². The number of nitrogens with one attached hydrogen (secondary N) is 1. The third-order valence-corrected chi connectivity index (χ3v) is 7.58. The summed E-state index contributed by atoms with van der Waals surface area (Å²) in [5.41, 5.74) is 3.27. The minimum absolute atomic E-state index is 0.00619. The summed E-state index contributed by atoms with van der Waals surface area (Å²) in [7, 11) is 1.01. The van der Waals surface area contributed by atoms with Gasteiger partial charge in [-0.05, 0) is 82.5 Å². The van der Waals surface area contributed by atoms with Gasteiger partial charge in [0.25, 0.3) is 5.91 Å². The molecule has 1 saturated carbocycles. The maximum Gasteiger partial charge on any atom is 0.265 e. The quantitative estimate of drug-likeness (QED) is 0.392. The molecule has 0 aromatic heterocycles. The smallest absolute Gasteiger partial charge is 0.265 e. The van der Waals surface area contributed by atoms with E-state index < -0.39 is 0 Å². The zero-order valence-electron chi connectivity index (χ0n) is 19.0. The maximum atomic E-state index is 13.9. The Kier molecular flexibility index (Phi) is 6.85. The zero-order chi connectivity index (χ0) is 22.7. The Labute approximate surface area is 191 Å². The molecule has 0 atom stereocenters. The number of amides is 1. The summed E-state index contributed by atoms with van der Waals surface area (Å²) >= 11 is 0. The molecule has 0 bridgehead atoms. The summed E-state index contributed by atoms with van der Waals surface area (Å²) in [6, 6.07) is 5.18. The molecule has 1 saturated heterocycles. The highest BCUT2D eigenvalue weighted by Gasteiger charge is 2.52. The molecule has 2 aliphatic heterocycles. The van der Waals surface area contributed by atoms with Crippen molar-refractivity contribution in [3.63, 3.8) is 0 Å². The summed E-state index contributed by atoms with van der Waals surface area (Å²) in [4.78, 5) is 28.0. The first-order chi connectivity index (χ1) is 15.4. The van der Waals surface area contributed by atoms with E-state index >= 15 is 0 Å². The fourth-order valence-corrected chi connectivity index (χ4v) is 5.62. The fourth-order valence-electron chi connectivity index (χ4n) is 4.27. The van der Waals surface area contributed by atoms with Crippen LogP contribution in [0.15, 0.2) is 45.2 Å². The maximum absolute atomic E-state index is 13.9. The highest BCUT2D eigenvalue weighted by molar-refractivity contribution is 7.38. The van der Waals surface area contributed by atoms with Crippen molar-refractivity contribution in [3.8, 4) is 0 Å². The van der Waals surface area contributed by atoms with E-state index in [0.29, 0.717) is 11.5 Å². The molecule has 2 heterocycles. The lowest BCUT2D eigenvalue weighted by molar-refractivity contribution is -0.115. The van der Waals surface area contributed by atoms with Crippen LogP contribution in [-0.2, 0) is 10.2 Å². The van der Waals surface area contributed by atoms with Crippen LogP contribution in [0.3, 0.4) is 0 Å². The van der Waals surface area contributed by atoms with Gasteiger partial charge in [-0.2, -0.15) is 0 Å². The van der Waals surface area contributed by atoms with Gasteiger partial charge in [-0.25, -0.2) is 14.4 Å². The van der Waals surface area contributed by atoms with Gasteiger partial charge in [-0.1, -0.05) is 0 Å². The van der Waals surface area contributed by atoms with Crippen LogP contribution in [0.1, 0.15) is 52.0 Å². The van der Waals surface area contributed by atoms with E-state index in [0.717, 1.165) is 57.8 Å². The number of nitrogens with zero attached hydrogens (tertiary/aromatic N) is 4. The predicted octanol–water partition coefficient (Wildman–Crippen LogP) is 4.40. The number of fused-ring (bicyclic) bond motifs is 2. The topological polar surface area (TPSA) is 69.4 Å². The monoisotopic (exact) mass is 455 g/mol. The Morgan fingerprint density at radius 1 is 1.22 bits per heavy atom. The first-order valence-electron chi connectivity index (χ1n) is 11.3. The van der Waals surface area contributed by atoms with Gasteiger partial charge in [-0.3, -0.25) is 9.79 Å². The van der Waals surface area contributed by atoms with Crippen molar-refractivity contribution >= 4 is 37.9 Å². The van der Waals surface area contributed by atoms with Crippen molar-refractivity contribution in [2.75, 3.05) is 23.8 Å². The fraction of sp³-hybridized carbons (Fsp3) is 0.500. The van der Waals surface area contributed by atoms with Gasteiger partial charge in [0.1, 0.15) is 17.9 Å². The second-order valence-electron chi connectivity index (χ2n) is 9.05. The van der Waals surface area contributed by atoms with E-state index in [9.17, 15) is 9.18 Å². The predicted molar refractivity (Wildman–Crippen MR) is 132 cm³/mol. The Balaban J connectivity index is 1.59. The van der Waals surface area contributed by atoms with E-state index in [1.807, 2.05) is 19.9 Å². The molecule has 0 unspecified atom stereocenters. The summed E-state index contributed by atoms with van der Waals surface area (Å²) in [6.45, 7) is 6.26. The Morgan fingerprint density at radius 3 is 2.66 bits per heavy atom. The van der Waals surface area contributed by atoms with Crippen LogP contribution in [-0.4, -0.2) is 48.6 Å². The minimum atomic E-state index is -0.217. The molecule has 0 radical (unpaired) electrons. The molecule has 2 fully saturated rings. The lowest BCUT2D eigenvalue weighted by atomic mass is 9.99. The van der Waals surface area contributed by atoms with Gasteiger partial charge in [0.15, 0.2) is 5.82 Å². The third kappa shape index (κ3) is 5.15. The van der Waals surface area contributed by atoms with Gasteiger partial charge in [0.05, 0.1) is 6.20 Å². The molecule has 1 aliphatic carbocycles. The summed E-state index contributed by atoms with van der Waals surface area (Å²) in [5.74, 6) is 0.244. The lowest BCUT2D eigenvalue weighted by Crippen LogP contribution is -2.40. The molecule has 8 heteroatoms. The molecular formula is C24H31FN5OP. The number of hydrogen-bond donors (Lipinski definition) is 1. The van der Waals surface area contributed by atoms with Crippen molar-refractivity contribution in [1.82, 2.24) is 5.32 Å². The normalized spacial score (nSPS) is 23.0. The summed E-state index contributed by atoms with van der Waals surface area (Å²) < 4.78 is 13.9. The second-order valence-corrected chi connectivity index (χ2v) is 10.5. The van der Waals surface area contributed by atoms with Crippen molar-refractivity contribution in [2.24, 2.45) is 15.0 Å². The lowest BCUT2D eigenvalue weighted by Gasteiger charge is -2.22. The molecule has 32 heavy (non-hydrogen) atoms. The highest BCUT2D eigenvalue weighted by atomic mass is 31.1. The average molecular weight is 456 g/mol. The Morgan fingerprint density at radius 2 is 1.97 bits per heavy atom. The number of carbonyl (C=O) groups excluding carboxylic acids is 1. The van der Waals surface area contributed by atoms with Crippen LogP contribution in [0.4, 0.5) is 10.1 Å². The van der Waals surface area contributed by atoms with E-state index in [1.54, 1.807) is 19.2 Å². The molecular weight excluding hydrogens is 424 g/mol. The Bertz CT molecular complexity index is 1000. The number of halogens is 1. The minimum Gasteiger partial charge on any atom is -0.348 e. The summed E-state index contributed by atoms with van der Waals surface area (Å²) in [5, 5.41) is 3.10. The van der Waals surface area contributed by atoms with Crippen LogP contribution < -0.4 is 10.2 Å². The van der Waals surface area contributed by atoms with E-state index in [-0.39, 0.29) is 23.2 Å². The molecule has 1 amide bonds. The number of carbonyl (C=O) groups is 1. The molecule has 170 valence electrons. The number of hydrogen-bond acceptors (Lipinski definition) is 4. The van der Waals surface area contributed by atoms with E-state index in [2.05, 4.69) is 25.2 Å². The zero-order valence-corrected chi connectivity index (χ0v) is 20.0. The standard InChI is InChI=1S/C24H31FN5OP/c1-16(2)27-15-28-22(13-26-17(3)23(31)29-19-6-10-32-11-7-19)30-14-24(8-9-24)20-12-18(25)4-5-21(20)30/h4-5,12-13,15,19,32H,6-11,14H2,1-3H3,(H,29,31)/b22-13-,26-17?,28-15-. The second kappa shape index (κ2) is 9.62. The molecule has 1 aromatic rings. The van der Waals surface area contributed by atoms with Crippen LogP contribution in [0, 0.1) is 5.82 Å². The number of benzene rings is 1. The molecule has 3 aliphatic rings. The SMILES string of the molecule is CC(C)=N/C=N\C(=C\N=C(C)C(=O)NC1CCPCC1)N1CC2(CC2)c2cc(F)ccc21. The summed E-state index contributed by atoms with van der Waals surface area (Å²) in [6.07, 6.45) is 9.67. The number of aliphatic imine (C=N–C) groups is 3. The van der Waals surface area contributed by atoms with Gasteiger partial charge in [0, 0.05) is 29.4 Å². The third-order valence-electron chi connectivity index (χ3n) is 6.29. The first kappa shape index (κ1) is 22.8. The van der Waals surface area contributed by atoms with Gasteiger partial charge >= 0.3 is 0 Å².